The lowest BCUT2D eigenvalue weighted by Crippen LogP contribution is -2.52. The largest absolute Gasteiger partial charge is 0.361 e. The van der Waals surface area contributed by atoms with Crippen molar-refractivity contribution >= 4 is 48.2 Å². The summed E-state index contributed by atoms with van der Waals surface area (Å²) in [4.78, 5) is 32.4. The van der Waals surface area contributed by atoms with Crippen LogP contribution in [0.5, 0.6) is 0 Å². The van der Waals surface area contributed by atoms with Crippen molar-refractivity contribution < 1.29 is 26.4 Å². The van der Waals surface area contributed by atoms with Crippen molar-refractivity contribution in [2.24, 2.45) is 33.5 Å². The fourth-order valence-electron chi connectivity index (χ4n) is 10.2. The number of fused-ring (bicyclic) bond motifs is 5. The van der Waals surface area contributed by atoms with Crippen molar-refractivity contribution in [3.05, 3.63) is 30.0 Å². The van der Waals surface area contributed by atoms with Gasteiger partial charge in [0.05, 0.1) is 28.0 Å². The summed E-state index contributed by atoms with van der Waals surface area (Å²) >= 11 is 0. The second kappa shape index (κ2) is 9.41. The highest BCUT2D eigenvalue weighted by molar-refractivity contribution is 8.10. The van der Waals surface area contributed by atoms with Gasteiger partial charge in [0.2, 0.25) is 20.0 Å². The van der Waals surface area contributed by atoms with Crippen molar-refractivity contribution in [2.75, 3.05) is 35.4 Å². The number of carbonyl (C=O) groups excluding carboxylic acids is 2. The maximum Gasteiger partial charge on any atom is 0.249 e. The SMILES string of the molecule is CN1CCC(c2c[nH]c3ccc(N(S(=O)(=O)CC45CCC(CC4=O)C5(C)C)S(=O)(=O)CC45CCC(CC4=O)C5(C)C)cc23)C1. The van der Waals surface area contributed by atoms with Crippen LogP contribution in [0.25, 0.3) is 10.9 Å². The first kappa shape index (κ1) is 30.4. The molecule has 1 saturated heterocycles. The average Bonchev–Trinajstić information content (AvgIpc) is 3.70. The van der Waals surface area contributed by atoms with Crippen molar-refractivity contribution in [2.45, 2.75) is 78.6 Å². The summed E-state index contributed by atoms with van der Waals surface area (Å²) in [5.41, 5.74) is -1.49. The standard InChI is InChI=1S/C33H45N3O6S2/c1-30(2)22-8-11-32(30,28(37)14-22)19-43(39,40)36(44(41,42)20-33-12-9-23(15-29(33)38)31(33,3)4)24-6-7-27-25(16-24)26(17-34-27)21-10-13-35(5)18-21/h6-7,16-17,21-23,34H,8-15,18-20H2,1-5H3. The summed E-state index contributed by atoms with van der Waals surface area (Å²) in [5.74, 6) is -0.868. The van der Waals surface area contributed by atoms with Gasteiger partial charge in [0.1, 0.15) is 11.6 Å². The zero-order valence-electron chi connectivity index (χ0n) is 26.5. The van der Waals surface area contributed by atoms with E-state index in [9.17, 15) is 26.4 Å². The Kier molecular flexibility index (Phi) is 6.50. The second-order valence-electron chi connectivity index (χ2n) is 15.8. The molecule has 4 bridgehead atoms. The van der Waals surface area contributed by atoms with Crippen LogP contribution >= 0.6 is 0 Å². The zero-order chi connectivity index (χ0) is 31.7. The van der Waals surface area contributed by atoms with Crippen LogP contribution in [0, 0.1) is 33.5 Å². The van der Waals surface area contributed by atoms with Crippen LogP contribution in [0.1, 0.15) is 84.1 Å². The predicted molar refractivity (Wildman–Crippen MR) is 170 cm³/mol. The number of carbonyl (C=O) groups is 2. The Morgan fingerprint density at radius 3 is 1.84 bits per heavy atom. The first-order valence-electron chi connectivity index (χ1n) is 16.1. The van der Waals surface area contributed by atoms with E-state index in [4.69, 9.17) is 0 Å². The number of rotatable bonds is 8. The number of Topliss-reactive ketones (excluding diaryl/α,β-unsaturated/α-hetero) is 2. The number of nitrogens with one attached hydrogen (secondary N) is 1. The number of nitrogens with zero attached hydrogens (tertiary/aromatic N) is 2. The molecule has 240 valence electrons. The van der Waals surface area contributed by atoms with E-state index in [1.807, 2.05) is 33.9 Å². The van der Waals surface area contributed by atoms with E-state index in [1.54, 1.807) is 18.2 Å². The van der Waals surface area contributed by atoms with E-state index in [2.05, 4.69) is 16.9 Å². The van der Waals surface area contributed by atoms with Crippen LogP contribution in [0.15, 0.2) is 24.4 Å². The number of hydrogen-bond acceptors (Lipinski definition) is 7. The molecular weight excluding hydrogens is 599 g/mol. The quantitative estimate of drug-likeness (QED) is 0.436. The number of aromatic amines is 1. The molecule has 4 saturated carbocycles. The molecular formula is C33H45N3O6S2. The van der Waals surface area contributed by atoms with Crippen molar-refractivity contribution in [1.29, 1.82) is 0 Å². The van der Waals surface area contributed by atoms with Gasteiger partial charge in [0.25, 0.3) is 0 Å². The zero-order valence-corrected chi connectivity index (χ0v) is 28.1. The maximum absolute atomic E-state index is 14.7. The number of sulfonamides is 2. The van der Waals surface area contributed by atoms with Gasteiger partial charge in [-0.05, 0) is 98.0 Å². The Bertz CT molecular complexity index is 1710. The van der Waals surface area contributed by atoms with E-state index in [-0.39, 0.29) is 35.0 Å². The lowest BCUT2D eigenvalue weighted by atomic mass is 9.70. The summed E-state index contributed by atoms with van der Waals surface area (Å²) in [6.45, 7) is 9.64. The molecule has 0 amide bonds. The molecule has 5 atom stereocenters. The number of ketones is 2. The molecule has 7 rings (SSSR count). The van der Waals surface area contributed by atoms with Gasteiger partial charge in [-0.3, -0.25) is 9.59 Å². The molecule has 1 aromatic heterocycles. The Morgan fingerprint density at radius 1 is 0.864 bits per heavy atom. The van der Waals surface area contributed by atoms with Gasteiger partial charge in [-0.15, -0.1) is 0 Å². The highest BCUT2D eigenvalue weighted by Gasteiger charge is 2.68. The molecule has 9 nitrogen and oxygen atoms in total. The van der Waals surface area contributed by atoms with Crippen molar-refractivity contribution in [1.82, 2.24) is 9.88 Å². The van der Waals surface area contributed by atoms with Crippen molar-refractivity contribution in [3.63, 3.8) is 0 Å². The minimum atomic E-state index is -4.58. The number of benzene rings is 1. The van der Waals surface area contributed by atoms with Gasteiger partial charge < -0.3 is 9.88 Å². The van der Waals surface area contributed by atoms with Crippen LogP contribution < -0.4 is 3.71 Å². The molecule has 0 spiro atoms. The average molecular weight is 644 g/mol. The number of anilines is 1. The lowest BCUT2D eigenvalue weighted by Gasteiger charge is -2.40. The maximum atomic E-state index is 14.7. The Hall–Kier alpha value is -2.24. The number of likely N-dealkylation sites (tertiary alicyclic amines) is 1. The van der Waals surface area contributed by atoms with Crippen LogP contribution in [-0.4, -0.2) is 69.9 Å². The Labute approximate surface area is 261 Å². The predicted octanol–water partition coefficient (Wildman–Crippen LogP) is 4.84. The molecule has 1 aliphatic heterocycles. The third-order valence-electron chi connectivity index (χ3n) is 13.4. The van der Waals surface area contributed by atoms with E-state index in [0.717, 1.165) is 48.8 Å². The molecule has 4 aliphatic carbocycles. The van der Waals surface area contributed by atoms with Gasteiger partial charge in [-0.1, -0.05) is 27.7 Å². The summed E-state index contributed by atoms with van der Waals surface area (Å²) in [6.07, 6.45) is 5.93. The number of likely N-dealkylation sites (N-methyl/N-ethyl adjacent to an activating group) is 1. The Morgan fingerprint density at radius 2 is 1.41 bits per heavy atom. The number of H-pyrrole nitrogens is 1. The lowest BCUT2D eigenvalue weighted by molar-refractivity contribution is -0.128. The molecule has 1 aromatic carbocycles. The summed E-state index contributed by atoms with van der Waals surface area (Å²) in [6, 6.07) is 4.97. The highest BCUT2D eigenvalue weighted by atomic mass is 32.3. The summed E-state index contributed by atoms with van der Waals surface area (Å²) < 4.78 is 59.5. The molecule has 0 radical (unpaired) electrons. The van der Waals surface area contributed by atoms with Crippen molar-refractivity contribution in [3.8, 4) is 0 Å². The highest BCUT2D eigenvalue weighted by Crippen LogP contribution is 2.66. The molecule has 44 heavy (non-hydrogen) atoms. The monoisotopic (exact) mass is 643 g/mol. The topological polar surface area (TPSA) is 125 Å². The smallest absolute Gasteiger partial charge is 0.249 e. The van der Waals surface area contributed by atoms with Crippen LogP contribution in [0.3, 0.4) is 0 Å². The van der Waals surface area contributed by atoms with E-state index < -0.39 is 53.2 Å². The molecule has 5 aliphatic rings. The van der Waals surface area contributed by atoms with Crippen LogP contribution in [0.4, 0.5) is 5.69 Å². The van der Waals surface area contributed by atoms with Gasteiger partial charge in [0, 0.05) is 36.5 Å². The van der Waals surface area contributed by atoms with Gasteiger partial charge in [-0.2, -0.15) is 3.71 Å². The summed E-state index contributed by atoms with van der Waals surface area (Å²) in [5, 5.41) is 0.797. The fourth-order valence-corrected chi connectivity index (χ4v) is 15.6. The first-order chi connectivity index (χ1) is 20.5. The second-order valence-corrected chi connectivity index (χ2v) is 19.6. The fraction of sp³-hybridized carbons (Fsp3) is 0.697. The van der Waals surface area contributed by atoms with E-state index >= 15 is 0 Å². The third kappa shape index (κ3) is 3.96. The first-order valence-corrected chi connectivity index (χ1v) is 19.3. The van der Waals surface area contributed by atoms with Gasteiger partial charge in [0.15, 0.2) is 0 Å². The molecule has 2 aromatic rings. The van der Waals surface area contributed by atoms with Gasteiger partial charge >= 0.3 is 0 Å². The molecule has 5 unspecified atom stereocenters. The van der Waals surface area contributed by atoms with Gasteiger partial charge in [-0.25, -0.2) is 16.8 Å². The number of hydrogen-bond donors (Lipinski definition) is 1. The van der Waals surface area contributed by atoms with E-state index in [1.165, 1.54) is 0 Å². The van der Waals surface area contributed by atoms with Crippen LogP contribution in [-0.2, 0) is 29.6 Å². The third-order valence-corrected chi connectivity index (χ3v) is 17.9. The molecule has 2 heterocycles. The molecule has 11 heteroatoms. The van der Waals surface area contributed by atoms with Crippen LogP contribution in [0.2, 0.25) is 0 Å². The minimum Gasteiger partial charge on any atom is -0.361 e. The Balaban J connectivity index is 1.36. The molecule has 1 N–H and O–H groups in total. The normalized spacial score (nSPS) is 34.5. The van der Waals surface area contributed by atoms with E-state index in [0.29, 0.717) is 29.4 Å². The summed E-state index contributed by atoms with van der Waals surface area (Å²) in [7, 11) is -7.09. The number of aromatic nitrogens is 1. The minimum absolute atomic E-state index is 0.0492. The molecule has 5 fully saturated rings.